The molecule has 0 unspecified atom stereocenters. The summed E-state index contributed by atoms with van der Waals surface area (Å²) in [5, 5.41) is 11.0. The molecule has 4 rings (SSSR count). The number of benzene rings is 3. The Balaban J connectivity index is 1.78. The van der Waals surface area contributed by atoms with Crippen molar-refractivity contribution in [1.29, 1.82) is 0 Å². The minimum absolute atomic E-state index is 0.0792. The number of hydrogen-bond donors (Lipinski definition) is 0. The van der Waals surface area contributed by atoms with Crippen LogP contribution >= 0.6 is 11.8 Å². The molecule has 6 nitrogen and oxygen atoms in total. The molecule has 0 fully saturated rings. The average Bonchev–Trinajstić information content (AvgIpc) is 3.04. The summed E-state index contributed by atoms with van der Waals surface area (Å²) in [5.41, 5.74) is 2.23. The molecule has 1 aliphatic rings. The van der Waals surface area contributed by atoms with Gasteiger partial charge in [0.05, 0.1) is 21.1 Å². The third kappa shape index (κ3) is 4.07. The second-order valence-corrected chi connectivity index (χ2v) is 8.70. The monoisotopic (exact) mass is 444 g/mol. The molecule has 2 amide bonds. The summed E-state index contributed by atoms with van der Waals surface area (Å²) >= 11 is 1.22. The maximum absolute atomic E-state index is 13.5. The fourth-order valence-electron chi connectivity index (χ4n) is 3.46. The minimum Gasteiger partial charge on any atom is -0.268 e. The predicted molar refractivity (Wildman–Crippen MR) is 125 cm³/mol. The van der Waals surface area contributed by atoms with E-state index in [9.17, 15) is 19.7 Å². The molecule has 0 bridgehead atoms. The van der Waals surface area contributed by atoms with Gasteiger partial charge in [-0.3, -0.25) is 19.7 Å². The molecule has 1 heterocycles. The van der Waals surface area contributed by atoms with Gasteiger partial charge < -0.3 is 0 Å². The third-order valence-corrected chi connectivity index (χ3v) is 6.28. The van der Waals surface area contributed by atoms with Crippen LogP contribution in [0.4, 0.5) is 11.4 Å². The number of nitrogens with zero attached hydrogens (tertiary/aromatic N) is 2. The number of nitro benzene ring substituents is 1. The Bertz CT molecular complexity index is 1220. The first-order valence-corrected chi connectivity index (χ1v) is 10.9. The van der Waals surface area contributed by atoms with E-state index in [0.717, 1.165) is 10.5 Å². The van der Waals surface area contributed by atoms with E-state index in [4.69, 9.17) is 0 Å². The van der Waals surface area contributed by atoms with Crippen molar-refractivity contribution in [2.75, 3.05) is 4.90 Å². The molecule has 0 spiro atoms. The molecule has 0 aliphatic carbocycles. The van der Waals surface area contributed by atoms with Crippen LogP contribution in [0.3, 0.4) is 0 Å². The smallest absolute Gasteiger partial charge is 0.268 e. The molecule has 3 aromatic rings. The van der Waals surface area contributed by atoms with E-state index >= 15 is 0 Å². The van der Waals surface area contributed by atoms with Gasteiger partial charge >= 0.3 is 0 Å². The van der Waals surface area contributed by atoms with Crippen molar-refractivity contribution < 1.29 is 14.5 Å². The number of imide groups is 1. The predicted octanol–water partition coefficient (Wildman–Crippen LogP) is 5.80. The zero-order chi connectivity index (χ0) is 22.8. The fraction of sp³-hybridized carbons (Fsp3) is 0.120. The van der Waals surface area contributed by atoms with Gasteiger partial charge in [-0.15, -0.1) is 0 Å². The largest absolute Gasteiger partial charge is 0.272 e. The number of anilines is 1. The van der Waals surface area contributed by atoms with Gasteiger partial charge in [0.15, 0.2) is 0 Å². The van der Waals surface area contributed by atoms with Crippen LogP contribution in [0, 0.1) is 10.1 Å². The van der Waals surface area contributed by atoms with E-state index in [0.29, 0.717) is 22.1 Å². The van der Waals surface area contributed by atoms with Crippen LogP contribution in [0.5, 0.6) is 0 Å². The maximum Gasteiger partial charge on any atom is 0.272 e. The molecule has 7 heteroatoms. The molecule has 3 aromatic carbocycles. The number of rotatable bonds is 6. The van der Waals surface area contributed by atoms with E-state index in [-0.39, 0.29) is 11.3 Å². The lowest BCUT2D eigenvalue weighted by molar-refractivity contribution is -0.384. The molecule has 1 aliphatic heterocycles. The number of amides is 2. The average molecular weight is 445 g/mol. The molecule has 160 valence electrons. The highest BCUT2D eigenvalue weighted by Crippen LogP contribution is 2.41. The molecule has 0 N–H and O–H groups in total. The van der Waals surface area contributed by atoms with Gasteiger partial charge in [0, 0.05) is 17.0 Å². The van der Waals surface area contributed by atoms with E-state index in [1.807, 2.05) is 42.5 Å². The summed E-state index contributed by atoms with van der Waals surface area (Å²) in [5.74, 6) is -0.527. The van der Waals surface area contributed by atoms with E-state index in [2.05, 4.69) is 13.8 Å². The maximum atomic E-state index is 13.5. The first kappa shape index (κ1) is 21.5. The van der Waals surface area contributed by atoms with Crippen LogP contribution in [0.1, 0.15) is 30.9 Å². The quantitative estimate of drug-likeness (QED) is 0.273. The van der Waals surface area contributed by atoms with Crippen LogP contribution in [0.25, 0.3) is 5.57 Å². The number of carbonyl (C=O) groups is 2. The lowest BCUT2D eigenvalue weighted by Gasteiger charge is -2.16. The van der Waals surface area contributed by atoms with Gasteiger partial charge in [-0.25, -0.2) is 4.90 Å². The summed E-state index contributed by atoms with van der Waals surface area (Å²) in [6.07, 6.45) is 0. The molecular formula is C25H20N2O4S. The number of hydrogen-bond acceptors (Lipinski definition) is 5. The highest BCUT2D eigenvalue weighted by Gasteiger charge is 2.40. The highest BCUT2D eigenvalue weighted by molar-refractivity contribution is 8.04. The molecule has 0 aromatic heterocycles. The Morgan fingerprint density at radius 2 is 1.47 bits per heavy atom. The number of carbonyl (C=O) groups excluding carboxylic acids is 2. The van der Waals surface area contributed by atoms with Crippen LogP contribution in [-0.4, -0.2) is 16.7 Å². The van der Waals surface area contributed by atoms with Crippen molar-refractivity contribution in [3.63, 3.8) is 0 Å². The summed E-state index contributed by atoms with van der Waals surface area (Å²) in [4.78, 5) is 39.7. The number of non-ortho nitro benzene ring substituents is 1. The molecule has 32 heavy (non-hydrogen) atoms. The lowest BCUT2D eigenvalue weighted by Crippen LogP contribution is -2.31. The topological polar surface area (TPSA) is 80.5 Å². The van der Waals surface area contributed by atoms with Crippen molar-refractivity contribution >= 4 is 40.5 Å². The third-order valence-electron chi connectivity index (χ3n) is 5.19. The first-order valence-electron chi connectivity index (χ1n) is 10.1. The van der Waals surface area contributed by atoms with Crippen molar-refractivity contribution in [2.45, 2.75) is 24.7 Å². The van der Waals surface area contributed by atoms with Crippen LogP contribution < -0.4 is 4.90 Å². The second kappa shape index (κ2) is 8.80. The number of nitro groups is 1. The van der Waals surface area contributed by atoms with E-state index in [1.54, 1.807) is 12.1 Å². The summed E-state index contributed by atoms with van der Waals surface area (Å²) in [6.45, 7) is 4.15. The zero-order valence-electron chi connectivity index (χ0n) is 17.5. The van der Waals surface area contributed by atoms with Crippen LogP contribution in [0.15, 0.2) is 88.7 Å². The Kier molecular flexibility index (Phi) is 5.92. The van der Waals surface area contributed by atoms with Gasteiger partial charge in [0.2, 0.25) is 0 Å². The summed E-state index contributed by atoms with van der Waals surface area (Å²) in [7, 11) is 0. The molecule has 0 saturated carbocycles. The van der Waals surface area contributed by atoms with Gasteiger partial charge in [-0.1, -0.05) is 55.9 Å². The lowest BCUT2D eigenvalue weighted by atomic mass is 10.0. The van der Waals surface area contributed by atoms with Crippen LogP contribution in [-0.2, 0) is 9.59 Å². The fourth-order valence-corrected chi connectivity index (χ4v) is 4.47. The molecule has 0 radical (unpaired) electrons. The highest BCUT2D eigenvalue weighted by atomic mass is 32.2. The molecule has 0 atom stereocenters. The normalized spacial score (nSPS) is 13.9. The van der Waals surface area contributed by atoms with Gasteiger partial charge in [-0.05, 0) is 53.4 Å². The minimum atomic E-state index is -0.498. The summed E-state index contributed by atoms with van der Waals surface area (Å²) < 4.78 is 0. The van der Waals surface area contributed by atoms with E-state index in [1.165, 1.54) is 40.9 Å². The standard InChI is InChI=1S/C25H20N2O4S/c1-16(2)17-8-12-19(13-9-17)26-24(28)22(18-10-14-20(15-11-18)27(30)31)23(25(26)29)32-21-6-4-3-5-7-21/h3-16H,1-2H3. The van der Waals surface area contributed by atoms with Gasteiger partial charge in [0.1, 0.15) is 0 Å². The SMILES string of the molecule is CC(C)c1ccc(N2C(=O)C(Sc3ccccc3)=C(c3ccc([N+](=O)[O-])cc3)C2=O)cc1. The van der Waals surface area contributed by atoms with Gasteiger partial charge in [-0.2, -0.15) is 0 Å². The Labute approximate surface area is 189 Å². The van der Waals surface area contributed by atoms with Crippen molar-refractivity contribution in [3.05, 3.63) is 105 Å². The van der Waals surface area contributed by atoms with Crippen molar-refractivity contribution in [2.24, 2.45) is 0 Å². The zero-order valence-corrected chi connectivity index (χ0v) is 18.3. The summed E-state index contributed by atoms with van der Waals surface area (Å²) in [6, 6.07) is 22.4. The van der Waals surface area contributed by atoms with Crippen molar-refractivity contribution in [3.8, 4) is 0 Å². The molecular weight excluding hydrogens is 424 g/mol. The molecule has 0 saturated heterocycles. The Hall–Kier alpha value is -3.71. The second-order valence-electron chi connectivity index (χ2n) is 7.62. The number of thioether (sulfide) groups is 1. The van der Waals surface area contributed by atoms with Crippen LogP contribution in [0.2, 0.25) is 0 Å². The van der Waals surface area contributed by atoms with Gasteiger partial charge in [0.25, 0.3) is 17.5 Å². The Morgan fingerprint density at radius 3 is 2.03 bits per heavy atom. The van der Waals surface area contributed by atoms with E-state index < -0.39 is 16.7 Å². The first-order chi connectivity index (χ1) is 15.4. The van der Waals surface area contributed by atoms with Crippen molar-refractivity contribution in [1.82, 2.24) is 0 Å². The Morgan fingerprint density at radius 1 is 0.844 bits per heavy atom.